The highest BCUT2D eigenvalue weighted by Gasteiger charge is 2.39. The third-order valence-electron chi connectivity index (χ3n) is 4.03. The van der Waals surface area contributed by atoms with Gasteiger partial charge in [0.2, 0.25) is 11.8 Å². The second kappa shape index (κ2) is 6.20. The molecule has 22 heavy (non-hydrogen) atoms. The molecule has 1 N–H and O–H groups in total. The highest BCUT2D eigenvalue weighted by molar-refractivity contribution is 8.00. The minimum atomic E-state index is -0.449. The molecule has 2 fully saturated rings. The Morgan fingerprint density at radius 1 is 1.36 bits per heavy atom. The summed E-state index contributed by atoms with van der Waals surface area (Å²) in [5.41, 5.74) is 1.02. The summed E-state index contributed by atoms with van der Waals surface area (Å²) in [7, 11) is 1.62. The molecule has 6 heteroatoms. The summed E-state index contributed by atoms with van der Waals surface area (Å²) in [6.07, 6.45) is 2.09. The van der Waals surface area contributed by atoms with Crippen LogP contribution in [0.15, 0.2) is 24.3 Å². The van der Waals surface area contributed by atoms with Crippen LogP contribution < -0.4 is 10.1 Å². The van der Waals surface area contributed by atoms with Crippen LogP contribution in [0.4, 0.5) is 0 Å². The Balaban J connectivity index is 1.76. The van der Waals surface area contributed by atoms with Crippen molar-refractivity contribution in [2.75, 3.05) is 12.9 Å². The third-order valence-corrected chi connectivity index (χ3v) is 5.26. The molecule has 0 aromatic heterocycles. The van der Waals surface area contributed by atoms with E-state index in [1.165, 1.54) is 0 Å². The van der Waals surface area contributed by atoms with Crippen LogP contribution in [-0.2, 0) is 9.59 Å². The van der Waals surface area contributed by atoms with Gasteiger partial charge in [0.1, 0.15) is 17.2 Å². The monoisotopic (exact) mass is 320 g/mol. The second-order valence-corrected chi connectivity index (χ2v) is 6.76. The summed E-state index contributed by atoms with van der Waals surface area (Å²) in [4.78, 5) is 26.2. The van der Waals surface area contributed by atoms with Crippen LogP contribution in [0.2, 0.25) is 0 Å². The van der Waals surface area contributed by atoms with Crippen molar-refractivity contribution < 1.29 is 14.3 Å². The van der Waals surface area contributed by atoms with Crippen molar-refractivity contribution in [2.24, 2.45) is 0 Å². The van der Waals surface area contributed by atoms with Crippen molar-refractivity contribution in [3.63, 3.8) is 0 Å². The van der Waals surface area contributed by atoms with Crippen LogP contribution in [0, 0.1) is 0 Å². The van der Waals surface area contributed by atoms with E-state index in [0.29, 0.717) is 11.8 Å². The maximum Gasteiger partial charge on any atom is 0.242 e. The predicted octanol–water partition coefficient (Wildman–Crippen LogP) is 1.94. The number of carbonyl (C=O) groups excluding carboxylic acids is 2. The predicted molar refractivity (Wildman–Crippen MR) is 85.7 cm³/mol. The molecule has 2 aliphatic rings. The van der Waals surface area contributed by atoms with Crippen molar-refractivity contribution >= 4 is 23.6 Å². The second-order valence-electron chi connectivity index (χ2n) is 5.70. The first-order valence-corrected chi connectivity index (χ1v) is 8.52. The van der Waals surface area contributed by atoms with Gasteiger partial charge in [-0.25, -0.2) is 0 Å². The Labute approximate surface area is 134 Å². The van der Waals surface area contributed by atoms with E-state index in [1.54, 1.807) is 30.7 Å². The van der Waals surface area contributed by atoms with Crippen molar-refractivity contribution in [2.45, 2.75) is 37.2 Å². The van der Waals surface area contributed by atoms with Crippen LogP contribution in [0.5, 0.6) is 5.75 Å². The smallest absolute Gasteiger partial charge is 0.242 e. The normalized spacial score (nSPS) is 22.5. The molecule has 0 spiro atoms. The molecule has 1 aliphatic carbocycles. The van der Waals surface area contributed by atoms with E-state index in [9.17, 15) is 9.59 Å². The fraction of sp³-hybridized carbons (Fsp3) is 0.500. The van der Waals surface area contributed by atoms with Gasteiger partial charge in [0.05, 0.1) is 12.9 Å². The molecule has 2 amide bonds. The zero-order chi connectivity index (χ0) is 15.7. The Bertz CT molecular complexity index is 571. The van der Waals surface area contributed by atoms with E-state index < -0.39 is 6.04 Å². The summed E-state index contributed by atoms with van der Waals surface area (Å²) < 4.78 is 5.16. The fourth-order valence-corrected chi connectivity index (χ4v) is 3.82. The van der Waals surface area contributed by atoms with Gasteiger partial charge in [0.15, 0.2) is 0 Å². The number of ether oxygens (including phenoxy) is 1. The molecule has 1 saturated carbocycles. The van der Waals surface area contributed by atoms with Crippen LogP contribution in [0.1, 0.15) is 30.7 Å². The first-order valence-electron chi connectivity index (χ1n) is 7.47. The molecule has 5 nitrogen and oxygen atoms in total. The topological polar surface area (TPSA) is 58.6 Å². The zero-order valence-corrected chi connectivity index (χ0v) is 13.6. The third kappa shape index (κ3) is 3.06. The molecule has 1 heterocycles. The van der Waals surface area contributed by atoms with Crippen LogP contribution >= 0.6 is 11.8 Å². The summed E-state index contributed by atoms with van der Waals surface area (Å²) in [5, 5.41) is 2.87. The van der Waals surface area contributed by atoms with E-state index in [4.69, 9.17) is 4.74 Å². The molecule has 1 aromatic carbocycles. The highest BCUT2D eigenvalue weighted by Crippen LogP contribution is 2.40. The molecule has 2 atom stereocenters. The number of methoxy groups -OCH3 is 1. The Hall–Kier alpha value is -1.69. The standard InChI is InChI=1S/C16H20N2O3S/c1-10(15(20)17-12-5-6-12)18-14(19)9-22-16(18)11-3-7-13(21-2)8-4-11/h3-4,7-8,10,12,16H,5-6,9H2,1-2H3,(H,17,20)/t10-,16+/m1/s1. The Morgan fingerprint density at radius 3 is 2.64 bits per heavy atom. The van der Waals surface area contributed by atoms with E-state index in [-0.39, 0.29) is 17.2 Å². The summed E-state index contributed by atoms with van der Waals surface area (Å²) in [6.45, 7) is 1.80. The first-order chi connectivity index (χ1) is 10.6. The summed E-state index contributed by atoms with van der Waals surface area (Å²) >= 11 is 1.56. The lowest BCUT2D eigenvalue weighted by Crippen LogP contribution is -2.47. The fourth-order valence-electron chi connectivity index (χ4n) is 2.56. The van der Waals surface area contributed by atoms with Gasteiger partial charge in [-0.3, -0.25) is 9.59 Å². The summed E-state index contributed by atoms with van der Waals surface area (Å²) in [6, 6.07) is 7.52. The van der Waals surface area contributed by atoms with Crippen molar-refractivity contribution in [3.8, 4) is 5.75 Å². The molecule has 1 aliphatic heterocycles. The minimum Gasteiger partial charge on any atom is -0.497 e. The number of hydrogen-bond acceptors (Lipinski definition) is 4. The lowest BCUT2D eigenvalue weighted by atomic mass is 10.1. The molecule has 1 saturated heterocycles. The lowest BCUT2D eigenvalue weighted by molar-refractivity contribution is -0.137. The Morgan fingerprint density at radius 2 is 2.05 bits per heavy atom. The number of nitrogens with one attached hydrogen (secondary N) is 1. The zero-order valence-electron chi connectivity index (χ0n) is 12.7. The number of nitrogens with zero attached hydrogens (tertiary/aromatic N) is 1. The lowest BCUT2D eigenvalue weighted by Gasteiger charge is -2.29. The van der Waals surface area contributed by atoms with Gasteiger partial charge < -0.3 is 15.0 Å². The average Bonchev–Trinajstić information content (AvgIpc) is 3.26. The van der Waals surface area contributed by atoms with E-state index in [2.05, 4.69) is 5.32 Å². The van der Waals surface area contributed by atoms with Gasteiger partial charge in [-0.1, -0.05) is 12.1 Å². The molecular weight excluding hydrogens is 300 g/mol. The van der Waals surface area contributed by atoms with Crippen LogP contribution in [-0.4, -0.2) is 41.7 Å². The number of rotatable bonds is 5. The van der Waals surface area contributed by atoms with Gasteiger partial charge in [-0.15, -0.1) is 11.8 Å². The van der Waals surface area contributed by atoms with E-state index >= 15 is 0 Å². The maximum atomic E-state index is 12.3. The van der Waals surface area contributed by atoms with Crippen molar-refractivity contribution in [1.82, 2.24) is 10.2 Å². The first kappa shape index (κ1) is 15.2. The van der Waals surface area contributed by atoms with Gasteiger partial charge in [0, 0.05) is 6.04 Å². The van der Waals surface area contributed by atoms with Gasteiger partial charge in [-0.2, -0.15) is 0 Å². The van der Waals surface area contributed by atoms with Gasteiger partial charge in [0.25, 0.3) is 0 Å². The quantitative estimate of drug-likeness (QED) is 0.901. The highest BCUT2D eigenvalue weighted by atomic mass is 32.2. The largest absolute Gasteiger partial charge is 0.497 e. The van der Waals surface area contributed by atoms with Gasteiger partial charge >= 0.3 is 0 Å². The number of benzene rings is 1. The Kier molecular flexibility index (Phi) is 4.29. The molecule has 3 rings (SSSR count). The average molecular weight is 320 g/mol. The molecule has 118 valence electrons. The molecule has 0 unspecified atom stereocenters. The van der Waals surface area contributed by atoms with Crippen LogP contribution in [0.25, 0.3) is 0 Å². The SMILES string of the molecule is COc1ccc([C@@H]2SCC(=O)N2[C@H](C)C(=O)NC2CC2)cc1. The number of amides is 2. The number of hydrogen-bond donors (Lipinski definition) is 1. The summed E-state index contributed by atoms with van der Waals surface area (Å²) in [5.74, 6) is 1.16. The van der Waals surface area contributed by atoms with E-state index in [1.807, 2.05) is 24.3 Å². The maximum absolute atomic E-state index is 12.3. The molecule has 1 aromatic rings. The number of thioether (sulfide) groups is 1. The van der Waals surface area contributed by atoms with Crippen LogP contribution in [0.3, 0.4) is 0 Å². The molecule has 0 radical (unpaired) electrons. The minimum absolute atomic E-state index is 0.0178. The van der Waals surface area contributed by atoms with Crippen molar-refractivity contribution in [1.29, 1.82) is 0 Å². The van der Waals surface area contributed by atoms with E-state index in [0.717, 1.165) is 24.2 Å². The number of carbonyl (C=O) groups is 2. The molecule has 0 bridgehead atoms. The molecular formula is C16H20N2O3S. The van der Waals surface area contributed by atoms with Gasteiger partial charge in [-0.05, 0) is 37.5 Å². The van der Waals surface area contributed by atoms with Crippen molar-refractivity contribution in [3.05, 3.63) is 29.8 Å².